The number of benzene rings is 2. The van der Waals surface area contributed by atoms with Gasteiger partial charge >= 0.3 is 0 Å². The maximum absolute atomic E-state index is 14.7. The molecule has 2 aromatic rings. The summed E-state index contributed by atoms with van der Waals surface area (Å²) in [6.45, 7) is 4.27. The minimum atomic E-state index is -0.666. The highest BCUT2D eigenvalue weighted by Crippen LogP contribution is 2.28. The zero-order valence-electron chi connectivity index (χ0n) is 16.2. The molecule has 0 atom stereocenters. The van der Waals surface area contributed by atoms with Crippen LogP contribution in [0.1, 0.15) is 20.7 Å². The van der Waals surface area contributed by atoms with Gasteiger partial charge in [-0.15, -0.1) is 0 Å². The van der Waals surface area contributed by atoms with Crippen molar-refractivity contribution in [2.75, 3.05) is 46.5 Å². The Balaban J connectivity index is 1.69. The number of nitrogens with one attached hydrogen (secondary N) is 1. The number of morpholine rings is 1. The van der Waals surface area contributed by atoms with Crippen LogP contribution in [0.25, 0.3) is 11.1 Å². The highest BCUT2D eigenvalue weighted by atomic mass is 19.1. The van der Waals surface area contributed by atoms with E-state index in [1.165, 1.54) is 25.3 Å². The van der Waals surface area contributed by atoms with E-state index in [1.54, 1.807) is 18.2 Å². The van der Waals surface area contributed by atoms with Crippen molar-refractivity contribution in [3.05, 3.63) is 53.3 Å². The standard InChI is InChI=1S/C21H24FN3O4/c1-28-19-5-3-14(12-17(19)20(23)26)16-4-2-15(13-18(16)22)21(27)24-6-7-25-8-10-29-11-9-25/h2-5,12-13H,6-11H2,1H3,(H2,23,26)(H,24,27). The molecule has 0 aromatic heterocycles. The molecule has 1 saturated heterocycles. The van der Waals surface area contributed by atoms with Crippen LogP contribution in [-0.4, -0.2) is 63.2 Å². The summed E-state index contributed by atoms with van der Waals surface area (Å²) in [4.78, 5) is 26.1. The van der Waals surface area contributed by atoms with Crippen molar-refractivity contribution in [1.29, 1.82) is 0 Å². The molecule has 154 valence electrons. The fourth-order valence-electron chi connectivity index (χ4n) is 3.21. The molecule has 2 aromatic carbocycles. The molecule has 7 nitrogen and oxygen atoms in total. The number of methoxy groups -OCH3 is 1. The summed E-state index contributed by atoms with van der Waals surface area (Å²) in [7, 11) is 1.43. The fourth-order valence-corrected chi connectivity index (χ4v) is 3.21. The van der Waals surface area contributed by atoms with Crippen LogP contribution in [0.4, 0.5) is 4.39 Å². The second kappa shape index (κ2) is 9.49. The van der Waals surface area contributed by atoms with E-state index < -0.39 is 11.7 Å². The number of primary amides is 1. The van der Waals surface area contributed by atoms with Crippen LogP contribution >= 0.6 is 0 Å². The number of nitrogens with zero attached hydrogens (tertiary/aromatic N) is 1. The lowest BCUT2D eigenvalue weighted by atomic mass is 10.00. The van der Waals surface area contributed by atoms with Gasteiger partial charge in [0.05, 0.1) is 25.9 Å². The van der Waals surface area contributed by atoms with Gasteiger partial charge in [0.1, 0.15) is 11.6 Å². The minimum absolute atomic E-state index is 0.161. The Morgan fingerprint density at radius 1 is 1.21 bits per heavy atom. The molecule has 0 saturated carbocycles. The van der Waals surface area contributed by atoms with E-state index in [1.807, 2.05) is 0 Å². The third kappa shape index (κ3) is 5.10. The Kier molecular flexibility index (Phi) is 6.79. The monoisotopic (exact) mass is 401 g/mol. The zero-order chi connectivity index (χ0) is 20.8. The van der Waals surface area contributed by atoms with E-state index in [0.29, 0.717) is 31.1 Å². The van der Waals surface area contributed by atoms with Crippen molar-refractivity contribution in [3.63, 3.8) is 0 Å². The Morgan fingerprint density at radius 2 is 1.97 bits per heavy atom. The molecule has 1 aliphatic heterocycles. The highest BCUT2D eigenvalue weighted by Gasteiger charge is 2.15. The van der Waals surface area contributed by atoms with Gasteiger partial charge in [-0.1, -0.05) is 12.1 Å². The molecule has 1 heterocycles. The van der Waals surface area contributed by atoms with Crippen molar-refractivity contribution >= 4 is 11.8 Å². The number of halogens is 1. The average Bonchev–Trinajstić information content (AvgIpc) is 2.74. The smallest absolute Gasteiger partial charge is 0.252 e. The number of carbonyl (C=O) groups excluding carboxylic acids is 2. The molecule has 0 bridgehead atoms. The number of ether oxygens (including phenoxy) is 2. The third-order valence-corrected chi connectivity index (χ3v) is 4.82. The first-order chi connectivity index (χ1) is 14.0. The van der Waals surface area contributed by atoms with Crippen molar-refractivity contribution < 1.29 is 23.5 Å². The number of rotatable bonds is 7. The van der Waals surface area contributed by atoms with E-state index in [0.717, 1.165) is 19.6 Å². The van der Waals surface area contributed by atoms with Crippen molar-refractivity contribution in [1.82, 2.24) is 10.2 Å². The lowest BCUT2D eigenvalue weighted by molar-refractivity contribution is 0.0383. The molecule has 2 amide bonds. The first-order valence-electron chi connectivity index (χ1n) is 9.35. The largest absolute Gasteiger partial charge is 0.496 e. The minimum Gasteiger partial charge on any atom is -0.496 e. The molecule has 0 spiro atoms. The summed E-state index contributed by atoms with van der Waals surface area (Å²) in [5, 5.41) is 2.81. The van der Waals surface area contributed by atoms with Gasteiger partial charge in [-0.05, 0) is 29.8 Å². The Morgan fingerprint density at radius 3 is 2.62 bits per heavy atom. The maximum Gasteiger partial charge on any atom is 0.252 e. The van der Waals surface area contributed by atoms with Gasteiger partial charge in [0, 0.05) is 37.3 Å². The van der Waals surface area contributed by atoms with Crippen LogP contribution in [0.3, 0.4) is 0 Å². The zero-order valence-corrected chi connectivity index (χ0v) is 16.2. The van der Waals surface area contributed by atoms with E-state index in [-0.39, 0.29) is 22.6 Å². The van der Waals surface area contributed by atoms with E-state index in [4.69, 9.17) is 15.2 Å². The third-order valence-electron chi connectivity index (χ3n) is 4.82. The topological polar surface area (TPSA) is 93.9 Å². The van der Waals surface area contributed by atoms with E-state index in [2.05, 4.69) is 10.2 Å². The predicted octanol–water partition coefficient (Wildman–Crippen LogP) is 1.66. The van der Waals surface area contributed by atoms with Gasteiger partial charge in [0.15, 0.2) is 0 Å². The lowest BCUT2D eigenvalue weighted by Gasteiger charge is -2.26. The van der Waals surface area contributed by atoms with Crippen molar-refractivity contribution in [3.8, 4) is 16.9 Å². The molecule has 0 radical (unpaired) electrons. The molecule has 3 N–H and O–H groups in total. The normalized spacial score (nSPS) is 14.4. The van der Waals surface area contributed by atoms with Gasteiger partial charge in [0.25, 0.3) is 11.8 Å². The van der Waals surface area contributed by atoms with Gasteiger partial charge in [-0.2, -0.15) is 0 Å². The molecule has 0 unspecified atom stereocenters. The van der Waals surface area contributed by atoms with Crippen LogP contribution in [0.2, 0.25) is 0 Å². The van der Waals surface area contributed by atoms with Crippen molar-refractivity contribution in [2.45, 2.75) is 0 Å². The molecular weight excluding hydrogens is 377 g/mol. The number of hydrogen-bond donors (Lipinski definition) is 2. The van der Waals surface area contributed by atoms with E-state index >= 15 is 0 Å². The van der Waals surface area contributed by atoms with Crippen LogP contribution in [0, 0.1) is 5.82 Å². The fraction of sp³-hybridized carbons (Fsp3) is 0.333. The summed E-state index contributed by atoms with van der Waals surface area (Å²) in [6.07, 6.45) is 0. The quantitative estimate of drug-likeness (QED) is 0.736. The van der Waals surface area contributed by atoms with E-state index in [9.17, 15) is 14.0 Å². The van der Waals surface area contributed by atoms with Gasteiger partial charge in [0.2, 0.25) is 0 Å². The average molecular weight is 401 g/mol. The Bertz CT molecular complexity index is 897. The number of nitrogens with two attached hydrogens (primary N) is 1. The van der Waals surface area contributed by atoms with Crippen LogP contribution < -0.4 is 15.8 Å². The van der Waals surface area contributed by atoms with Crippen LogP contribution in [-0.2, 0) is 4.74 Å². The molecule has 1 fully saturated rings. The summed E-state index contributed by atoms with van der Waals surface area (Å²) in [5.41, 5.74) is 6.49. The predicted molar refractivity (Wildman–Crippen MR) is 106 cm³/mol. The maximum atomic E-state index is 14.7. The summed E-state index contributed by atoms with van der Waals surface area (Å²) >= 11 is 0. The van der Waals surface area contributed by atoms with Gasteiger partial charge in [-0.25, -0.2) is 4.39 Å². The van der Waals surface area contributed by atoms with Crippen molar-refractivity contribution in [2.24, 2.45) is 5.73 Å². The molecule has 1 aliphatic rings. The summed E-state index contributed by atoms with van der Waals surface area (Å²) < 4.78 is 25.1. The van der Waals surface area contributed by atoms with Crippen LogP contribution in [0.15, 0.2) is 36.4 Å². The number of carbonyl (C=O) groups is 2. The Labute approximate surface area is 168 Å². The molecule has 3 rings (SSSR count). The molecular formula is C21H24FN3O4. The summed E-state index contributed by atoms with van der Waals surface area (Å²) in [6, 6.07) is 8.91. The molecule has 29 heavy (non-hydrogen) atoms. The first-order valence-corrected chi connectivity index (χ1v) is 9.35. The molecule has 8 heteroatoms. The summed E-state index contributed by atoms with van der Waals surface area (Å²) in [5.74, 6) is -1.25. The highest BCUT2D eigenvalue weighted by molar-refractivity contribution is 5.97. The first kappa shape index (κ1) is 20.8. The number of hydrogen-bond acceptors (Lipinski definition) is 5. The second-order valence-electron chi connectivity index (χ2n) is 6.68. The van der Waals surface area contributed by atoms with Crippen LogP contribution in [0.5, 0.6) is 5.75 Å². The second-order valence-corrected chi connectivity index (χ2v) is 6.68. The SMILES string of the molecule is COc1ccc(-c2ccc(C(=O)NCCN3CCOCC3)cc2F)cc1C(N)=O. The number of amides is 2. The lowest BCUT2D eigenvalue weighted by Crippen LogP contribution is -2.41. The van der Waals surface area contributed by atoms with Gasteiger partial charge < -0.3 is 20.5 Å². The molecule has 0 aliphatic carbocycles. The Hall–Kier alpha value is -2.97. The van der Waals surface area contributed by atoms with Gasteiger partial charge in [-0.3, -0.25) is 14.5 Å².